The fraction of sp³-hybridized carbons (Fsp3) is 0.316. The number of nitrogens with zero attached hydrogens (tertiary/aromatic N) is 2. The SMILES string of the molecule is O=C(CN1CCN(S(=O)(=O)Cc2ccccc2)CC1)Nc1ccc(F)cc1F. The first kappa shape index (κ1) is 20.4. The number of halogens is 2. The molecule has 2 aromatic rings. The van der Waals surface area contributed by atoms with E-state index >= 15 is 0 Å². The lowest BCUT2D eigenvalue weighted by Gasteiger charge is -2.33. The Hall–Kier alpha value is -2.36. The Morgan fingerprint density at radius 2 is 1.68 bits per heavy atom. The number of anilines is 1. The summed E-state index contributed by atoms with van der Waals surface area (Å²) in [7, 11) is -3.43. The van der Waals surface area contributed by atoms with E-state index in [1.54, 1.807) is 29.2 Å². The number of piperazine rings is 1. The zero-order valence-electron chi connectivity index (χ0n) is 15.1. The normalized spacial score (nSPS) is 16.1. The van der Waals surface area contributed by atoms with Crippen LogP contribution in [0.15, 0.2) is 48.5 Å². The van der Waals surface area contributed by atoms with Crippen LogP contribution in [0.25, 0.3) is 0 Å². The van der Waals surface area contributed by atoms with E-state index in [1.807, 2.05) is 6.07 Å². The summed E-state index contributed by atoms with van der Waals surface area (Å²) in [6.45, 7) is 1.37. The Bertz CT molecular complexity index is 931. The lowest BCUT2D eigenvalue weighted by molar-refractivity contribution is -0.117. The predicted octanol–water partition coefficient (Wildman–Crippen LogP) is 2.05. The molecule has 0 unspecified atom stereocenters. The molecule has 3 rings (SSSR count). The topological polar surface area (TPSA) is 69.7 Å². The highest BCUT2D eigenvalue weighted by atomic mass is 32.2. The van der Waals surface area contributed by atoms with Gasteiger partial charge in [0.2, 0.25) is 15.9 Å². The van der Waals surface area contributed by atoms with Crippen LogP contribution in [0.1, 0.15) is 5.56 Å². The lowest BCUT2D eigenvalue weighted by atomic mass is 10.2. The van der Waals surface area contributed by atoms with E-state index in [2.05, 4.69) is 5.32 Å². The Morgan fingerprint density at radius 1 is 1.00 bits per heavy atom. The van der Waals surface area contributed by atoms with Gasteiger partial charge in [-0.3, -0.25) is 9.69 Å². The summed E-state index contributed by atoms with van der Waals surface area (Å²) in [5.41, 5.74) is 0.640. The summed E-state index contributed by atoms with van der Waals surface area (Å²) < 4.78 is 53.0. The maximum Gasteiger partial charge on any atom is 0.238 e. The third kappa shape index (κ3) is 5.34. The van der Waals surface area contributed by atoms with Crippen LogP contribution in [-0.4, -0.2) is 56.3 Å². The first-order valence-corrected chi connectivity index (χ1v) is 10.4. The van der Waals surface area contributed by atoms with Crippen molar-refractivity contribution in [3.05, 3.63) is 65.7 Å². The van der Waals surface area contributed by atoms with E-state index in [4.69, 9.17) is 0 Å². The maximum atomic E-state index is 13.6. The Kier molecular flexibility index (Phi) is 6.38. The van der Waals surface area contributed by atoms with Gasteiger partial charge < -0.3 is 5.32 Å². The minimum atomic E-state index is -3.43. The fourth-order valence-electron chi connectivity index (χ4n) is 3.03. The standard InChI is InChI=1S/C19H21F2N3O3S/c20-16-6-7-18(17(21)12-16)22-19(25)13-23-8-10-24(11-9-23)28(26,27)14-15-4-2-1-3-5-15/h1-7,12H,8-11,13-14H2,(H,22,25). The first-order valence-electron chi connectivity index (χ1n) is 8.82. The summed E-state index contributed by atoms with van der Waals surface area (Å²) in [4.78, 5) is 13.9. The smallest absolute Gasteiger partial charge is 0.238 e. The molecule has 1 heterocycles. The summed E-state index contributed by atoms with van der Waals surface area (Å²) in [5.74, 6) is -2.06. The number of carbonyl (C=O) groups excluding carboxylic acids is 1. The number of benzene rings is 2. The van der Waals surface area contributed by atoms with E-state index in [0.717, 1.165) is 17.7 Å². The van der Waals surface area contributed by atoms with Crippen molar-refractivity contribution in [3.8, 4) is 0 Å². The minimum Gasteiger partial charge on any atom is -0.322 e. The number of hydrogen-bond acceptors (Lipinski definition) is 4. The molecule has 0 bridgehead atoms. The van der Waals surface area contributed by atoms with Crippen LogP contribution in [0.2, 0.25) is 0 Å². The maximum absolute atomic E-state index is 13.6. The summed E-state index contributed by atoms with van der Waals surface area (Å²) in [6.07, 6.45) is 0. The van der Waals surface area contributed by atoms with Crippen molar-refractivity contribution in [1.82, 2.24) is 9.21 Å². The zero-order valence-corrected chi connectivity index (χ0v) is 16.0. The molecule has 0 saturated carbocycles. The van der Waals surface area contributed by atoms with Crippen molar-refractivity contribution in [3.63, 3.8) is 0 Å². The van der Waals surface area contributed by atoms with Crippen molar-refractivity contribution in [2.75, 3.05) is 38.0 Å². The number of sulfonamides is 1. The van der Waals surface area contributed by atoms with Crippen molar-refractivity contribution < 1.29 is 22.0 Å². The third-order valence-corrected chi connectivity index (χ3v) is 6.34. The average molecular weight is 409 g/mol. The van der Waals surface area contributed by atoms with E-state index in [1.165, 1.54) is 4.31 Å². The van der Waals surface area contributed by atoms with Crippen molar-refractivity contribution in [2.24, 2.45) is 0 Å². The van der Waals surface area contributed by atoms with Gasteiger partial charge in [-0.15, -0.1) is 0 Å². The second-order valence-electron chi connectivity index (χ2n) is 6.59. The molecule has 0 aromatic heterocycles. The van der Waals surface area contributed by atoms with Gasteiger partial charge in [-0.05, 0) is 17.7 Å². The molecule has 6 nitrogen and oxygen atoms in total. The van der Waals surface area contributed by atoms with Crippen LogP contribution in [0.5, 0.6) is 0 Å². The molecule has 0 spiro atoms. The molecule has 0 atom stereocenters. The summed E-state index contributed by atoms with van der Waals surface area (Å²) >= 11 is 0. The van der Waals surface area contributed by atoms with Gasteiger partial charge in [-0.1, -0.05) is 30.3 Å². The number of rotatable bonds is 6. The molecule has 1 fully saturated rings. The molecule has 1 amide bonds. The largest absolute Gasteiger partial charge is 0.322 e. The molecular formula is C19H21F2N3O3S. The second-order valence-corrected chi connectivity index (χ2v) is 8.56. The molecule has 28 heavy (non-hydrogen) atoms. The highest BCUT2D eigenvalue weighted by molar-refractivity contribution is 7.88. The second kappa shape index (κ2) is 8.76. The Morgan fingerprint density at radius 3 is 2.32 bits per heavy atom. The predicted molar refractivity (Wildman–Crippen MR) is 102 cm³/mol. The fourth-order valence-corrected chi connectivity index (χ4v) is 4.54. The van der Waals surface area contributed by atoms with Gasteiger partial charge in [-0.2, -0.15) is 4.31 Å². The van der Waals surface area contributed by atoms with Crippen molar-refractivity contribution in [1.29, 1.82) is 0 Å². The first-order chi connectivity index (χ1) is 13.3. The van der Waals surface area contributed by atoms with Crippen LogP contribution in [0.4, 0.5) is 14.5 Å². The van der Waals surface area contributed by atoms with Gasteiger partial charge >= 0.3 is 0 Å². The van der Waals surface area contributed by atoms with Crippen LogP contribution < -0.4 is 5.32 Å². The van der Waals surface area contributed by atoms with Gasteiger partial charge in [0, 0.05) is 32.2 Å². The van der Waals surface area contributed by atoms with Gasteiger partial charge in [-0.25, -0.2) is 17.2 Å². The Balaban J connectivity index is 1.50. The van der Waals surface area contributed by atoms with Gasteiger partial charge in [0.15, 0.2) is 0 Å². The van der Waals surface area contributed by atoms with E-state index in [0.29, 0.717) is 19.2 Å². The number of hydrogen-bond donors (Lipinski definition) is 1. The monoisotopic (exact) mass is 409 g/mol. The Labute approximate surface area is 162 Å². The quantitative estimate of drug-likeness (QED) is 0.793. The van der Waals surface area contributed by atoms with E-state index in [-0.39, 0.29) is 31.1 Å². The number of nitrogens with one attached hydrogen (secondary N) is 1. The van der Waals surface area contributed by atoms with Gasteiger partial charge in [0.05, 0.1) is 18.0 Å². The number of amides is 1. The van der Waals surface area contributed by atoms with Crippen LogP contribution in [0.3, 0.4) is 0 Å². The highest BCUT2D eigenvalue weighted by Gasteiger charge is 2.27. The summed E-state index contributed by atoms with van der Waals surface area (Å²) in [6, 6.07) is 11.9. The molecular weight excluding hydrogens is 388 g/mol. The molecule has 2 aromatic carbocycles. The van der Waals surface area contributed by atoms with Gasteiger partial charge in [0.25, 0.3) is 0 Å². The summed E-state index contributed by atoms with van der Waals surface area (Å²) in [5, 5.41) is 2.40. The van der Waals surface area contributed by atoms with Crippen LogP contribution in [0, 0.1) is 11.6 Å². The molecule has 0 aliphatic carbocycles. The highest BCUT2D eigenvalue weighted by Crippen LogP contribution is 2.16. The molecule has 1 N–H and O–H groups in total. The van der Waals surface area contributed by atoms with E-state index in [9.17, 15) is 22.0 Å². The van der Waals surface area contributed by atoms with Crippen LogP contribution >= 0.6 is 0 Å². The van der Waals surface area contributed by atoms with E-state index < -0.39 is 27.6 Å². The molecule has 1 saturated heterocycles. The molecule has 0 radical (unpaired) electrons. The number of carbonyl (C=O) groups is 1. The minimum absolute atomic E-state index is 0.00336. The molecule has 1 aliphatic rings. The van der Waals surface area contributed by atoms with Crippen molar-refractivity contribution in [2.45, 2.75) is 5.75 Å². The van der Waals surface area contributed by atoms with Gasteiger partial charge in [0.1, 0.15) is 11.6 Å². The molecule has 9 heteroatoms. The zero-order chi connectivity index (χ0) is 20.1. The van der Waals surface area contributed by atoms with Crippen molar-refractivity contribution >= 4 is 21.6 Å². The molecule has 1 aliphatic heterocycles. The third-order valence-electron chi connectivity index (χ3n) is 4.49. The molecule has 150 valence electrons. The van der Waals surface area contributed by atoms with Crippen LogP contribution in [-0.2, 0) is 20.6 Å². The lowest BCUT2D eigenvalue weighted by Crippen LogP contribution is -2.50. The average Bonchev–Trinajstić information content (AvgIpc) is 2.65.